The van der Waals surface area contributed by atoms with Gasteiger partial charge in [0.2, 0.25) is 0 Å². The lowest BCUT2D eigenvalue weighted by molar-refractivity contribution is 0.0685. The molecule has 0 amide bonds. The van der Waals surface area contributed by atoms with Crippen molar-refractivity contribution in [1.82, 2.24) is 19.1 Å². The van der Waals surface area contributed by atoms with E-state index in [1.165, 1.54) is 12.4 Å². The van der Waals surface area contributed by atoms with Gasteiger partial charge in [0.15, 0.2) is 0 Å². The number of aromatic nitrogens is 4. The summed E-state index contributed by atoms with van der Waals surface area (Å²) in [7, 11) is 1.78. The van der Waals surface area contributed by atoms with Gasteiger partial charge in [-0.05, 0) is 6.92 Å². The molecule has 0 aliphatic carbocycles. The molecular formula is C10H11ClN4O2. The molecule has 0 aromatic carbocycles. The Morgan fingerprint density at radius 2 is 2.18 bits per heavy atom. The Labute approximate surface area is 102 Å². The van der Waals surface area contributed by atoms with Crippen molar-refractivity contribution in [3.63, 3.8) is 0 Å². The Kier molecular flexibility index (Phi) is 2.89. The van der Waals surface area contributed by atoms with Gasteiger partial charge in [0.25, 0.3) is 0 Å². The van der Waals surface area contributed by atoms with Crippen molar-refractivity contribution >= 4 is 17.6 Å². The molecule has 0 atom stereocenters. The Morgan fingerprint density at radius 3 is 2.71 bits per heavy atom. The summed E-state index contributed by atoms with van der Waals surface area (Å²) >= 11 is 5.87. The minimum Gasteiger partial charge on any atom is -0.477 e. The highest BCUT2D eigenvalue weighted by Gasteiger charge is 2.15. The number of imidazole rings is 2. The van der Waals surface area contributed by atoms with Crippen LogP contribution in [0.3, 0.4) is 0 Å². The van der Waals surface area contributed by atoms with Gasteiger partial charge in [-0.1, -0.05) is 11.6 Å². The van der Waals surface area contributed by atoms with E-state index < -0.39 is 5.97 Å². The summed E-state index contributed by atoms with van der Waals surface area (Å²) < 4.78 is 3.29. The van der Waals surface area contributed by atoms with Gasteiger partial charge in [0.05, 0.1) is 18.9 Å². The lowest BCUT2D eigenvalue weighted by Gasteiger charge is -2.08. The van der Waals surface area contributed by atoms with Crippen LogP contribution in [0, 0.1) is 6.92 Å². The smallest absolute Gasteiger partial charge is 0.354 e. The maximum absolute atomic E-state index is 11.0. The number of nitrogens with zero attached hydrogens (tertiary/aromatic N) is 4. The van der Waals surface area contributed by atoms with Gasteiger partial charge in [0.1, 0.15) is 22.5 Å². The number of rotatable bonds is 3. The van der Waals surface area contributed by atoms with Gasteiger partial charge >= 0.3 is 5.97 Å². The third kappa shape index (κ3) is 2.03. The van der Waals surface area contributed by atoms with E-state index in [0.717, 1.165) is 0 Å². The summed E-state index contributed by atoms with van der Waals surface area (Å²) in [6, 6.07) is 0. The first kappa shape index (κ1) is 11.7. The number of aromatic carboxylic acids is 1. The van der Waals surface area contributed by atoms with Crippen LogP contribution < -0.4 is 0 Å². The number of hydrogen-bond acceptors (Lipinski definition) is 3. The number of carboxylic acids is 1. The van der Waals surface area contributed by atoms with Crippen LogP contribution in [-0.2, 0) is 13.6 Å². The van der Waals surface area contributed by atoms with Gasteiger partial charge in [0, 0.05) is 7.05 Å². The zero-order valence-corrected chi connectivity index (χ0v) is 10.1. The molecular weight excluding hydrogens is 244 g/mol. The molecule has 0 bridgehead atoms. The highest BCUT2D eigenvalue weighted by molar-refractivity contribution is 6.29. The molecule has 17 heavy (non-hydrogen) atoms. The van der Waals surface area contributed by atoms with E-state index in [0.29, 0.717) is 23.3 Å². The Morgan fingerprint density at radius 1 is 1.47 bits per heavy atom. The van der Waals surface area contributed by atoms with Crippen LogP contribution in [0.5, 0.6) is 0 Å². The minimum absolute atomic E-state index is 0.140. The van der Waals surface area contributed by atoms with Crippen molar-refractivity contribution in [3.05, 3.63) is 34.9 Å². The largest absolute Gasteiger partial charge is 0.477 e. The second-order valence-corrected chi connectivity index (χ2v) is 4.03. The number of carbonyl (C=O) groups is 1. The first-order valence-electron chi connectivity index (χ1n) is 4.92. The standard InChI is InChI=1S/C10H11ClN4O2/c1-6-12-3-7(10(16)17)15(6)5-9-13-4-8(11)14(9)2/h3-4H,5H2,1-2H3,(H,16,17). The van der Waals surface area contributed by atoms with E-state index in [4.69, 9.17) is 16.7 Å². The maximum atomic E-state index is 11.0. The monoisotopic (exact) mass is 254 g/mol. The molecule has 6 nitrogen and oxygen atoms in total. The first-order chi connectivity index (χ1) is 8.00. The Bertz CT molecular complexity index is 573. The third-order valence-electron chi connectivity index (χ3n) is 2.60. The maximum Gasteiger partial charge on any atom is 0.354 e. The average Bonchev–Trinajstić information content (AvgIpc) is 2.78. The van der Waals surface area contributed by atoms with Crippen LogP contribution in [0.4, 0.5) is 0 Å². The van der Waals surface area contributed by atoms with Crippen LogP contribution in [-0.4, -0.2) is 30.2 Å². The fourth-order valence-corrected chi connectivity index (χ4v) is 1.70. The highest BCUT2D eigenvalue weighted by Crippen LogP contribution is 2.13. The molecule has 2 heterocycles. The van der Waals surface area contributed by atoms with Crippen molar-refractivity contribution in [2.75, 3.05) is 0 Å². The van der Waals surface area contributed by atoms with Crippen LogP contribution in [0.1, 0.15) is 22.1 Å². The van der Waals surface area contributed by atoms with E-state index in [9.17, 15) is 4.79 Å². The summed E-state index contributed by atoms with van der Waals surface area (Å²) in [6.45, 7) is 2.08. The molecule has 2 aromatic heterocycles. The number of carboxylic acid groups (broad SMARTS) is 1. The van der Waals surface area contributed by atoms with Gasteiger partial charge in [-0.15, -0.1) is 0 Å². The molecule has 90 valence electrons. The van der Waals surface area contributed by atoms with Crippen molar-refractivity contribution < 1.29 is 9.90 Å². The molecule has 0 radical (unpaired) electrons. The van der Waals surface area contributed by atoms with E-state index >= 15 is 0 Å². The van der Waals surface area contributed by atoms with Crippen LogP contribution >= 0.6 is 11.6 Å². The fraction of sp³-hybridized carbons (Fsp3) is 0.300. The van der Waals surface area contributed by atoms with Gasteiger partial charge in [-0.2, -0.15) is 0 Å². The summed E-state index contributed by atoms with van der Waals surface area (Å²) in [6.07, 6.45) is 2.87. The topological polar surface area (TPSA) is 72.9 Å². The number of aryl methyl sites for hydroxylation is 1. The average molecular weight is 255 g/mol. The fourth-order valence-electron chi connectivity index (χ4n) is 1.55. The van der Waals surface area contributed by atoms with Crippen LogP contribution in [0.15, 0.2) is 12.4 Å². The van der Waals surface area contributed by atoms with Crippen molar-refractivity contribution in [3.8, 4) is 0 Å². The molecule has 7 heteroatoms. The molecule has 0 saturated carbocycles. The zero-order chi connectivity index (χ0) is 12.6. The molecule has 0 aliphatic heterocycles. The SMILES string of the molecule is Cc1ncc(C(=O)O)n1Cc1ncc(Cl)n1C. The van der Waals surface area contributed by atoms with Crippen molar-refractivity contribution in [2.24, 2.45) is 7.05 Å². The number of hydrogen-bond donors (Lipinski definition) is 1. The lowest BCUT2D eigenvalue weighted by atomic mass is 10.4. The van der Waals surface area contributed by atoms with E-state index in [1.54, 1.807) is 23.1 Å². The molecule has 2 aromatic rings. The summed E-state index contributed by atoms with van der Waals surface area (Å²) in [4.78, 5) is 19.1. The molecule has 0 saturated heterocycles. The zero-order valence-electron chi connectivity index (χ0n) is 9.38. The predicted molar refractivity (Wildman–Crippen MR) is 61.2 cm³/mol. The Hall–Kier alpha value is -1.82. The lowest BCUT2D eigenvalue weighted by Crippen LogP contribution is -2.13. The quantitative estimate of drug-likeness (QED) is 0.897. The van der Waals surface area contributed by atoms with Crippen LogP contribution in [0.25, 0.3) is 0 Å². The molecule has 1 N–H and O–H groups in total. The third-order valence-corrected chi connectivity index (χ3v) is 2.95. The van der Waals surface area contributed by atoms with Crippen LogP contribution in [0.2, 0.25) is 5.15 Å². The molecule has 0 spiro atoms. The normalized spacial score (nSPS) is 10.8. The van der Waals surface area contributed by atoms with Crippen molar-refractivity contribution in [2.45, 2.75) is 13.5 Å². The van der Waals surface area contributed by atoms with E-state index in [-0.39, 0.29) is 5.69 Å². The minimum atomic E-state index is -1.01. The Balaban J connectivity index is 2.39. The van der Waals surface area contributed by atoms with Gasteiger partial charge in [-0.25, -0.2) is 14.8 Å². The first-order valence-corrected chi connectivity index (χ1v) is 5.30. The van der Waals surface area contributed by atoms with Gasteiger partial charge < -0.3 is 14.2 Å². The summed E-state index contributed by atoms with van der Waals surface area (Å²) in [5, 5.41) is 9.53. The molecule has 0 aliphatic rings. The predicted octanol–water partition coefficient (Wildman–Crippen LogP) is 1.32. The second kappa shape index (κ2) is 4.21. The molecule has 0 fully saturated rings. The summed E-state index contributed by atoms with van der Waals surface area (Å²) in [5.74, 6) is 0.297. The van der Waals surface area contributed by atoms with E-state index in [2.05, 4.69) is 9.97 Å². The van der Waals surface area contributed by atoms with Crippen molar-refractivity contribution in [1.29, 1.82) is 0 Å². The molecule has 0 unspecified atom stereocenters. The number of halogens is 1. The highest BCUT2D eigenvalue weighted by atomic mass is 35.5. The van der Waals surface area contributed by atoms with E-state index in [1.807, 2.05) is 0 Å². The summed E-state index contributed by atoms with van der Waals surface area (Å²) in [5.41, 5.74) is 0.140. The second-order valence-electron chi connectivity index (χ2n) is 3.64. The van der Waals surface area contributed by atoms with Gasteiger partial charge in [-0.3, -0.25) is 0 Å². The molecule has 2 rings (SSSR count).